The standard InChI is InChI=1S/C20H29N3S/c1-16-20(24-17(2)22-16)8-12-21-19-10-14-23(15-11-19)13-9-18-6-4-3-5-7-18/h3-7,19,21H,8-15H2,1-2H3. The molecule has 1 aliphatic heterocycles. The topological polar surface area (TPSA) is 28.2 Å². The van der Waals surface area contributed by atoms with Crippen LogP contribution < -0.4 is 5.32 Å². The molecule has 0 radical (unpaired) electrons. The van der Waals surface area contributed by atoms with Crippen molar-refractivity contribution in [3.05, 3.63) is 51.5 Å². The summed E-state index contributed by atoms with van der Waals surface area (Å²) >= 11 is 1.85. The molecule has 1 N–H and O–H groups in total. The largest absolute Gasteiger partial charge is 0.314 e. The van der Waals surface area contributed by atoms with E-state index in [-0.39, 0.29) is 0 Å². The highest BCUT2D eigenvalue weighted by molar-refractivity contribution is 7.11. The summed E-state index contributed by atoms with van der Waals surface area (Å²) in [4.78, 5) is 8.57. The summed E-state index contributed by atoms with van der Waals surface area (Å²) in [5.74, 6) is 0. The number of thiazole rings is 1. The molecule has 0 amide bonds. The lowest BCUT2D eigenvalue weighted by molar-refractivity contribution is 0.200. The first-order valence-electron chi connectivity index (χ1n) is 9.13. The Morgan fingerprint density at radius 3 is 2.54 bits per heavy atom. The van der Waals surface area contributed by atoms with E-state index in [0.29, 0.717) is 6.04 Å². The fourth-order valence-corrected chi connectivity index (χ4v) is 4.42. The highest BCUT2D eigenvalue weighted by atomic mass is 32.1. The van der Waals surface area contributed by atoms with Gasteiger partial charge in [0.1, 0.15) is 0 Å². The lowest BCUT2D eigenvalue weighted by atomic mass is 10.0. The summed E-state index contributed by atoms with van der Waals surface area (Å²) in [5, 5.41) is 4.94. The van der Waals surface area contributed by atoms with Gasteiger partial charge in [0.05, 0.1) is 10.7 Å². The second kappa shape index (κ2) is 8.75. The summed E-state index contributed by atoms with van der Waals surface area (Å²) in [5.41, 5.74) is 2.67. The van der Waals surface area contributed by atoms with E-state index in [9.17, 15) is 0 Å². The Morgan fingerprint density at radius 1 is 1.12 bits per heavy atom. The van der Waals surface area contributed by atoms with Crippen LogP contribution in [-0.4, -0.2) is 42.1 Å². The third kappa shape index (κ3) is 5.13. The zero-order valence-corrected chi connectivity index (χ0v) is 15.7. The van der Waals surface area contributed by atoms with Gasteiger partial charge in [-0.3, -0.25) is 0 Å². The monoisotopic (exact) mass is 343 g/mol. The van der Waals surface area contributed by atoms with Gasteiger partial charge in [-0.1, -0.05) is 30.3 Å². The van der Waals surface area contributed by atoms with Crippen LogP contribution in [0.2, 0.25) is 0 Å². The van der Waals surface area contributed by atoms with Gasteiger partial charge in [-0.2, -0.15) is 0 Å². The third-order valence-electron chi connectivity index (χ3n) is 4.93. The van der Waals surface area contributed by atoms with Gasteiger partial charge < -0.3 is 10.2 Å². The van der Waals surface area contributed by atoms with E-state index in [0.717, 1.165) is 13.0 Å². The van der Waals surface area contributed by atoms with Crippen LogP contribution >= 0.6 is 11.3 Å². The van der Waals surface area contributed by atoms with E-state index >= 15 is 0 Å². The van der Waals surface area contributed by atoms with Crippen molar-refractivity contribution in [1.82, 2.24) is 15.2 Å². The van der Waals surface area contributed by atoms with E-state index in [1.807, 2.05) is 11.3 Å². The van der Waals surface area contributed by atoms with Gasteiger partial charge >= 0.3 is 0 Å². The summed E-state index contributed by atoms with van der Waals surface area (Å²) in [6, 6.07) is 11.5. The van der Waals surface area contributed by atoms with Gasteiger partial charge in [0.15, 0.2) is 0 Å². The maximum Gasteiger partial charge on any atom is 0.0900 e. The summed E-state index contributed by atoms with van der Waals surface area (Å²) in [7, 11) is 0. The van der Waals surface area contributed by atoms with Crippen LogP contribution in [0.3, 0.4) is 0 Å². The predicted octanol–water partition coefficient (Wildman–Crippen LogP) is 3.60. The maximum absolute atomic E-state index is 4.52. The minimum Gasteiger partial charge on any atom is -0.314 e. The van der Waals surface area contributed by atoms with E-state index in [4.69, 9.17) is 0 Å². The highest BCUT2D eigenvalue weighted by Crippen LogP contribution is 2.17. The molecule has 24 heavy (non-hydrogen) atoms. The third-order valence-corrected chi connectivity index (χ3v) is 6.06. The molecule has 2 heterocycles. The zero-order valence-electron chi connectivity index (χ0n) is 14.9. The van der Waals surface area contributed by atoms with Crippen molar-refractivity contribution in [1.29, 1.82) is 0 Å². The second-order valence-electron chi connectivity index (χ2n) is 6.80. The van der Waals surface area contributed by atoms with Gasteiger partial charge in [0.25, 0.3) is 0 Å². The van der Waals surface area contributed by atoms with Crippen LogP contribution in [0.5, 0.6) is 0 Å². The summed E-state index contributed by atoms with van der Waals surface area (Å²) in [6.07, 6.45) is 4.83. The fraction of sp³-hybridized carbons (Fsp3) is 0.550. The number of aromatic nitrogens is 1. The number of rotatable bonds is 7. The number of piperidine rings is 1. The average Bonchev–Trinajstić information content (AvgIpc) is 2.93. The Kier molecular flexibility index (Phi) is 6.41. The highest BCUT2D eigenvalue weighted by Gasteiger charge is 2.18. The van der Waals surface area contributed by atoms with Crippen LogP contribution in [-0.2, 0) is 12.8 Å². The van der Waals surface area contributed by atoms with E-state index in [1.54, 1.807) is 0 Å². The molecule has 0 saturated carbocycles. The number of hydrogen-bond acceptors (Lipinski definition) is 4. The Hall–Kier alpha value is -1.23. The molecule has 1 aliphatic rings. The predicted molar refractivity (Wildman–Crippen MR) is 103 cm³/mol. The molecule has 3 rings (SSSR count). The van der Waals surface area contributed by atoms with Crippen LogP contribution in [0.4, 0.5) is 0 Å². The van der Waals surface area contributed by atoms with Crippen LogP contribution in [0.15, 0.2) is 30.3 Å². The van der Waals surface area contributed by atoms with Crippen molar-refractivity contribution in [3.8, 4) is 0 Å². The smallest absolute Gasteiger partial charge is 0.0900 e. The molecule has 0 atom stereocenters. The van der Waals surface area contributed by atoms with Crippen molar-refractivity contribution in [3.63, 3.8) is 0 Å². The van der Waals surface area contributed by atoms with Gasteiger partial charge in [-0.15, -0.1) is 11.3 Å². The number of nitrogens with zero attached hydrogens (tertiary/aromatic N) is 2. The fourth-order valence-electron chi connectivity index (χ4n) is 3.49. The van der Waals surface area contributed by atoms with Gasteiger partial charge in [-0.25, -0.2) is 4.98 Å². The normalized spacial score (nSPS) is 16.6. The van der Waals surface area contributed by atoms with Gasteiger partial charge in [-0.05, 0) is 58.2 Å². The zero-order chi connectivity index (χ0) is 16.8. The molecular formula is C20H29N3S. The molecular weight excluding hydrogens is 314 g/mol. The lowest BCUT2D eigenvalue weighted by Crippen LogP contribution is -2.43. The first kappa shape index (κ1) is 17.6. The number of hydrogen-bond donors (Lipinski definition) is 1. The molecule has 0 unspecified atom stereocenters. The molecule has 0 spiro atoms. The molecule has 3 nitrogen and oxygen atoms in total. The quantitative estimate of drug-likeness (QED) is 0.832. The van der Waals surface area contributed by atoms with E-state index in [2.05, 4.69) is 59.4 Å². The SMILES string of the molecule is Cc1nc(C)c(CCNC2CCN(CCc3ccccc3)CC2)s1. The number of likely N-dealkylation sites (tertiary alicyclic amines) is 1. The number of nitrogens with one attached hydrogen (secondary N) is 1. The van der Waals surface area contributed by atoms with Crippen LogP contribution in [0.25, 0.3) is 0 Å². The van der Waals surface area contributed by atoms with E-state index < -0.39 is 0 Å². The van der Waals surface area contributed by atoms with Gasteiger partial charge in [0.2, 0.25) is 0 Å². The Labute approximate surface area is 150 Å². The Balaban J connectivity index is 1.32. The maximum atomic E-state index is 4.52. The molecule has 1 saturated heterocycles. The van der Waals surface area contributed by atoms with Crippen molar-refractivity contribution in [2.24, 2.45) is 0 Å². The average molecular weight is 344 g/mol. The summed E-state index contributed by atoms with van der Waals surface area (Å²) < 4.78 is 0. The van der Waals surface area contributed by atoms with Crippen molar-refractivity contribution >= 4 is 11.3 Å². The van der Waals surface area contributed by atoms with Crippen molar-refractivity contribution in [2.75, 3.05) is 26.2 Å². The van der Waals surface area contributed by atoms with Crippen LogP contribution in [0, 0.1) is 13.8 Å². The molecule has 1 aromatic carbocycles. The molecule has 2 aromatic rings. The Bertz CT molecular complexity index is 615. The number of benzene rings is 1. The Morgan fingerprint density at radius 2 is 1.88 bits per heavy atom. The molecule has 1 aromatic heterocycles. The molecule has 0 aliphatic carbocycles. The first-order chi connectivity index (χ1) is 11.7. The van der Waals surface area contributed by atoms with E-state index in [1.165, 1.54) is 60.0 Å². The van der Waals surface area contributed by atoms with Crippen molar-refractivity contribution in [2.45, 2.75) is 45.6 Å². The molecule has 1 fully saturated rings. The van der Waals surface area contributed by atoms with Crippen molar-refractivity contribution < 1.29 is 0 Å². The summed E-state index contributed by atoms with van der Waals surface area (Å²) in [6.45, 7) is 8.95. The molecule has 0 bridgehead atoms. The lowest BCUT2D eigenvalue weighted by Gasteiger charge is -2.32. The number of aryl methyl sites for hydroxylation is 2. The first-order valence-corrected chi connectivity index (χ1v) is 9.95. The molecule has 4 heteroatoms. The molecule has 130 valence electrons. The second-order valence-corrected chi connectivity index (χ2v) is 8.08. The van der Waals surface area contributed by atoms with Gasteiger partial charge in [0, 0.05) is 24.0 Å². The van der Waals surface area contributed by atoms with Crippen LogP contribution in [0.1, 0.15) is 34.0 Å². The minimum absolute atomic E-state index is 0.687. The minimum atomic E-state index is 0.687.